The van der Waals surface area contributed by atoms with Crippen LogP contribution in [0.4, 0.5) is 0 Å². The number of rotatable bonds is 2. The van der Waals surface area contributed by atoms with Crippen molar-refractivity contribution in [3.05, 3.63) is 70.3 Å². The van der Waals surface area contributed by atoms with E-state index in [1.165, 1.54) is 0 Å². The van der Waals surface area contributed by atoms with Gasteiger partial charge in [-0.2, -0.15) is 5.26 Å². The van der Waals surface area contributed by atoms with E-state index in [1.807, 2.05) is 36.4 Å². The summed E-state index contributed by atoms with van der Waals surface area (Å²) in [7, 11) is 0. The zero-order chi connectivity index (χ0) is 16.5. The molecule has 1 amide bonds. The summed E-state index contributed by atoms with van der Waals surface area (Å²) >= 11 is 0. The van der Waals surface area contributed by atoms with E-state index in [9.17, 15) is 4.79 Å². The Labute approximate surface area is 140 Å². The summed E-state index contributed by atoms with van der Waals surface area (Å²) < 4.78 is 11.0. The Balaban J connectivity index is 1.55. The average molecular weight is 320 g/mol. The molecule has 1 fully saturated rings. The molecule has 2 aromatic rings. The number of fused-ring (bicyclic) bond motifs is 1. The van der Waals surface area contributed by atoms with Crippen LogP contribution in [0.15, 0.2) is 42.5 Å². The molecule has 5 heteroatoms. The van der Waals surface area contributed by atoms with Crippen LogP contribution < -0.4 is 0 Å². The van der Waals surface area contributed by atoms with Gasteiger partial charge in [0.2, 0.25) is 0 Å². The summed E-state index contributed by atoms with van der Waals surface area (Å²) in [5, 5.41) is 9.00. The number of nitrogens with zero attached hydrogens (tertiary/aromatic N) is 2. The summed E-state index contributed by atoms with van der Waals surface area (Å²) in [6.07, 6.45) is -0.383. The first-order valence-corrected chi connectivity index (χ1v) is 7.89. The van der Waals surface area contributed by atoms with Gasteiger partial charge in [0.1, 0.15) is 0 Å². The third-order valence-corrected chi connectivity index (χ3v) is 4.37. The number of ether oxygens (including phenoxy) is 2. The molecule has 0 N–H and O–H groups in total. The lowest BCUT2D eigenvalue weighted by molar-refractivity contribution is -0.0441. The summed E-state index contributed by atoms with van der Waals surface area (Å²) in [5.41, 5.74) is 4.25. The first kappa shape index (κ1) is 14.9. The van der Waals surface area contributed by atoms with Crippen LogP contribution in [0.5, 0.6) is 0 Å². The van der Waals surface area contributed by atoms with E-state index in [2.05, 4.69) is 6.07 Å². The minimum Gasteiger partial charge on any atom is -0.346 e. The molecule has 4 rings (SSSR count). The summed E-state index contributed by atoms with van der Waals surface area (Å²) in [6.45, 7) is 2.25. The molecule has 0 aromatic heterocycles. The lowest BCUT2D eigenvalue weighted by atomic mass is 10.1. The SMILES string of the molecule is N#Cc1ccc2c(c1)CN(C(=O)c1cccc(C3OCCO3)c1)C2. The van der Waals surface area contributed by atoms with Crippen molar-refractivity contribution in [3.8, 4) is 6.07 Å². The second-order valence-corrected chi connectivity index (χ2v) is 5.96. The Hall–Kier alpha value is -2.68. The Bertz CT molecular complexity index is 835. The summed E-state index contributed by atoms with van der Waals surface area (Å²) in [4.78, 5) is 14.6. The monoisotopic (exact) mass is 320 g/mol. The number of carbonyl (C=O) groups excluding carboxylic acids is 1. The van der Waals surface area contributed by atoms with Gasteiger partial charge in [0, 0.05) is 24.2 Å². The van der Waals surface area contributed by atoms with Gasteiger partial charge in [-0.15, -0.1) is 0 Å². The zero-order valence-corrected chi connectivity index (χ0v) is 13.1. The zero-order valence-electron chi connectivity index (χ0n) is 13.1. The van der Waals surface area contributed by atoms with Gasteiger partial charge in [-0.05, 0) is 35.4 Å². The van der Waals surface area contributed by atoms with Crippen molar-refractivity contribution in [2.24, 2.45) is 0 Å². The molecule has 2 aliphatic rings. The molecule has 5 nitrogen and oxygen atoms in total. The molecule has 1 saturated heterocycles. The van der Waals surface area contributed by atoms with Gasteiger partial charge < -0.3 is 14.4 Å². The van der Waals surface area contributed by atoms with E-state index in [-0.39, 0.29) is 12.2 Å². The molecule has 2 aliphatic heterocycles. The Morgan fingerprint density at radius 3 is 2.67 bits per heavy atom. The molecule has 2 heterocycles. The fraction of sp³-hybridized carbons (Fsp3) is 0.263. The molecule has 0 spiro atoms. The van der Waals surface area contributed by atoms with Gasteiger partial charge in [-0.25, -0.2) is 0 Å². The van der Waals surface area contributed by atoms with Gasteiger partial charge in [-0.1, -0.05) is 18.2 Å². The Morgan fingerprint density at radius 1 is 1.08 bits per heavy atom. The van der Waals surface area contributed by atoms with Crippen molar-refractivity contribution >= 4 is 5.91 Å². The summed E-state index contributed by atoms with van der Waals surface area (Å²) in [5.74, 6) is -0.0236. The topological polar surface area (TPSA) is 62.6 Å². The fourth-order valence-electron chi connectivity index (χ4n) is 3.16. The van der Waals surface area contributed by atoms with Gasteiger partial charge >= 0.3 is 0 Å². The van der Waals surface area contributed by atoms with E-state index in [0.29, 0.717) is 37.4 Å². The maximum atomic E-state index is 12.8. The second-order valence-electron chi connectivity index (χ2n) is 5.96. The van der Waals surface area contributed by atoms with Crippen molar-refractivity contribution in [2.45, 2.75) is 19.4 Å². The molecule has 0 aliphatic carbocycles. The molecule has 0 radical (unpaired) electrons. The second kappa shape index (κ2) is 6.08. The molecule has 24 heavy (non-hydrogen) atoms. The third-order valence-electron chi connectivity index (χ3n) is 4.37. The number of benzene rings is 2. The molecule has 2 aromatic carbocycles. The molecule has 0 saturated carbocycles. The van der Waals surface area contributed by atoms with Crippen LogP contribution in [0.25, 0.3) is 0 Å². The Kier molecular flexibility index (Phi) is 3.77. The minimum atomic E-state index is -0.383. The molecule has 0 atom stereocenters. The van der Waals surface area contributed by atoms with Crippen LogP contribution in [-0.4, -0.2) is 24.0 Å². The average Bonchev–Trinajstić information content (AvgIpc) is 3.30. The van der Waals surface area contributed by atoms with Crippen LogP contribution in [0.2, 0.25) is 0 Å². The minimum absolute atomic E-state index is 0.0236. The number of carbonyl (C=O) groups is 1. The van der Waals surface area contributed by atoms with Crippen LogP contribution in [-0.2, 0) is 22.6 Å². The highest BCUT2D eigenvalue weighted by atomic mass is 16.7. The molecule has 120 valence electrons. The smallest absolute Gasteiger partial charge is 0.254 e. The van der Waals surface area contributed by atoms with Crippen LogP contribution in [0.3, 0.4) is 0 Å². The molecule has 0 unspecified atom stereocenters. The first-order valence-electron chi connectivity index (χ1n) is 7.89. The largest absolute Gasteiger partial charge is 0.346 e. The molecule has 0 bridgehead atoms. The van der Waals surface area contributed by atoms with E-state index >= 15 is 0 Å². The van der Waals surface area contributed by atoms with Crippen LogP contribution in [0, 0.1) is 11.3 Å². The van der Waals surface area contributed by atoms with Crippen LogP contribution in [0.1, 0.15) is 38.9 Å². The quantitative estimate of drug-likeness (QED) is 0.853. The molecular formula is C19H16N2O3. The third kappa shape index (κ3) is 2.67. The van der Waals surface area contributed by atoms with Gasteiger partial charge in [-0.3, -0.25) is 4.79 Å². The highest BCUT2D eigenvalue weighted by Gasteiger charge is 2.26. The van der Waals surface area contributed by atoms with Crippen molar-refractivity contribution in [1.82, 2.24) is 4.90 Å². The number of nitriles is 1. The van der Waals surface area contributed by atoms with E-state index in [0.717, 1.165) is 16.7 Å². The number of hydrogen-bond donors (Lipinski definition) is 0. The predicted molar refractivity (Wildman–Crippen MR) is 85.8 cm³/mol. The lowest BCUT2D eigenvalue weighted by Gasteiger charge is -2.17. The van der Waals surface area contributed by atoms with Crippen molar-refractivity contribution < 1.29 is 14.3 Å². The standard InChI is InChI=1S/C19H16N2O3/c20-10-13-4-5-16-11-21(12-17(16)8-13)18(22)14-2-1-3-15(9-14)19-23-6-7-24-19/h1-5,8-9,19H,6-7,11-12H2. The number of amides is 1. The number of hydrogen-bond acceptors (Lipinski definition) is 4. The van der Waals surface area contributed by atoms with Crippen molar-refractivity contribution in [1.29, 1.82) is 5.26 Å². The van der Waals surface area contributed by atoms with Gasteiger partial charge in [0.15, 0.2) is 6.29 Å². The van der Waals surface area contributed by atoms with E-state index < -0.39 is 0 Å². The van der Waals surface area contributed by atoms with Crippen LogP contribution >= 0.6 is 0 Å². The van der Waals surface area contributed by atoms with Crippen molar-refractivity contribution in [2.75, 3.05) is 13.2 Å². The van der Waals surface area contributed by atoms with Gasteiger partial charge in [0.25, 0.3) is 5.91 Å². The predicted octanol–water partition coefficient (Wildman–Crippen LogP) is 2.76. The highest BCUT2D eigenvalue weighted by molar-refractivity contribution is 5.94. The highest BCUT2D eigenvalue weighted by Crippen LogP contribution is 2.27. The first-order chi connectivity index (χ1) is 11.7. The van der Waals surface area contributed by atoms with Crippen molar-refractivity contribution in [3.63, 3.8) is 0 Å². The fourth-order valence-corrected chi connectivity index (χ4v) is 3.16. The maximum Gasteiger partial charge on any atom is 0.254 e. The Morgan fingerprint density at radius 2 is 1.88 bits per heavy atom. The summed E-state index contributed by atoms with van der Waals surface area (Å²) in [6, 6.07) is 15.1. The van der Waals surface area contributed by atoms with Gasteiger partial charge in [0.05, 0.1) is 24.8 Å². The molecular weight excluding hydrogens is 304 g/mol. The normalized spacial score (nSPS) is 16.9. The lowest BCUT2D eigenvalue weighted by Crippen LogP contribution is -2.25. The van der Waals surface area contributed by atoms with E-state index in [1.54, 1.807) is 11.0 Å². The van der Waals surface area contributed by atoms with E-state index in [4.69, 9.17) is 14.7 Å². The maximum absolute atomic E-state index is 12.8.